The van der Waals surface area contributed by atoms with Crippen molar-refractivity contribution in [2.24, 2.45) is 0 Å². The number of aryl methyl sites for hydroxylation is 2. The maximum atomic E-state index is 12.8. The number of aromatic nitrogens is 4. The van der Waals surface area contributed by atoms with Crippen LogP contribution in [-0.2, 0) is 17.4 Å². The molecule has 3 heterocycles. The molecule has 1 atom stereocenters. The molecule has 1 amide bonds. The number of rotatable bonds is 3. The van der Waals surface area contributed by atoms with Crippen LogP contribution in [-0.4, -0.2) is 43.0 Å². The maximum absolute atomic E-state index is 12.8. The molecular formula is C17H22F3N5O. The first-order valence-corrected chi connectivity index (χ1v) is 8.78. The van der Waals surface area contributed by atoms with Gasteiger partial charge in [0.1, 0.15) is 0 Å². The van der Waals surface area contributed by atoms with E-state index in [4.69, 9.17) is 0 Å². The lowest BCUT2D eigenvalue weighted by Gasteiger charge is -2.33. The summed E-state index contributed by atoms with van der Waals surface area (Å²) >= 11 is 0. The minimum Gasteiger partial charge on any atom is -0.340 e. The molecule has 3 rings (SSSR count). The number of piperidine rings is 1. The maximum Gasteiger partial charge on any atom is 0.453 e. The van der Waals surface area contributed by atoms with E-state index in [9.17, 15) is 18.0 Å². The standard InChI is InChI=1S/C17H22F3N5O/c1-10-6-4-5-9-24(10)14(26)8-7-13-11(2)21-16-22-15(17(18,19)20)23-25(16)12(13)3/h10H,4-9H2,1-3H3/t10-/m1/s1. The van der Waals surface area contributed by atoms with Crippen molar-refractivity contribution in [3.05, 3.63) is 22.8 Å². The van der Waals surface area contributed by atoms with Gasteiger partial charge in [0.25, 0.3) is 11.6 Å². The zero-order valence-corrected chi connectivity index (χ0v) is 15.1. The van der Waals surface area contributed by atoms with Gasteiger partial charge in [0.15, 0.2) is 0 Å². The Balaban J connectivity index is 1.82. The summed E-state index contributed by atoms with van der Waals surface area (Å²) in [5.41, 5.74) is 1.86. The molecule has 1 aliphatic rings. The van der Waals surface area contributed by atoms with E-state index in [-0.39, 0.29) is 17.7 Å². The fourth-order valence-electron chi connectivity index (χ4n) is 3.53. The minimum atomic E-state index is -4.62. The molecule has 0 radical (unpaired) electrons. The van der Waals surface area contributed by atoms with Crippen LogP contribution in [0.4, 0.5) is 13.2 Å². The molecule has 0 spiro atoms. The Hall–Kier alpha value is -2.19. The Morgan fingerprint density at radius 1 is 1.23 bits per heavy atom. The van der Waals surface area contributed by atoms with Crippen molar-refractivity contribution in [2.45, 2.75) is 65.1 Å². The average molecular weight is 369 g/mol. The van der Waals surface area contributed by atoms with Crippen LogP contribution in [0.5, 0.6) is 0 Å². The molecule has 0 aliphatic carbocycles. The van der Waals surface area contributed by atoms with E-state index in [1.165, 1.54) is 0 Å². The minimum absolute atomic E-state index is 0.0747. The van der Waals surface area contributed by atoms with Gasteiger partial charge in [-0.25, -0.2) is 9.50 Å². The van der Waals surface area contributed by atoms with E-state index < -0.39 is 12.0 Å². The van der Waals surface area contributed by atoms with E-state index in [0.29, 0.717) is 24.2 Å². The van der Waals surface area contributed by atoms with Crippen LogP contribution >= 0.6 is 0 Å². The molecule has 0 N–H and O–H groups in total. The van der Waals surface area contributed by atoms with Gasteiger partial charge < -0.3 is 4.90 Å². The summed E-state index contributed by atoms with van der Waals surface area (Å²) in [6.07, 6.45) is -0.729. The van der Waals surface area contributed by atoms with Gasteiger partial charge in [-0.1, -0.05) is 0 Å². The lowest BCUT2D eigenvalue weighted by atomic mass is 10.0. The van der Waals surface area contributed by atoms with E-state index in [1.54, 1.807) is 13.8 Å². The van der Waals surface area contributed by atoms with Crippen LogP contribution in [0, 0.1) is 13.8 Å². The van der Waals surface area contributed by atoms with Crippen molar-refractivity contribution >= 4 is 11.7 Å². The van der Waals surface area contributed by atoms with Gasteiger partial charge in [0.05, 0.1) is 0 Å². The molecule has 0 saturated carbocycles. The zero-order valence-electron chi connectivity index (χ0n) is 15.1. The molecule has 0 aromatic carbocycles. The normalized spacial score (nSPS) is 18.5. The van der Waals surface area contributed by atoms with Crippen LogP contribution in [0.3, 0.4) is 0 Å². The first-order chi connectivity index (χ1) is 12.2. The number of carbonyl (C=O) groups is 1. The Bertz CT molecular complexity index is 830. The van der Waals surface area contributed by atoms with E-state index in [1.807, 2.05) is 4.90 Å². The summed E-state index contributed by atoms with van der Waals surface area (Å²) in [4.78, 5) is 22.0. The third-order valence-electron chi connectivity index (χ3n) is 5.01. The van der Waals surface area contributed by atoms with E-state index in [0.717, 1.165) is 35.9 Å². The zero-order chi connectivity index (χ0) is 19.1. The second-order valence-corrected chi connectivity index (χ2v) is 6.84. The van der Waals surface area contributed by atoms with Crippen molar-refractivity contribution in [1.82, 2.24) is 24.5 Å². The van der Waals surface area contributed by atoms with Crippen LogP contribution in [0.1, 0.15) is 55.4 Å². The lowest BCUT2D eigenvalue weighted by molar-refractivity contribution is -0.144. The number of likely N-dealkylation sites (tertiary alicyclic amines) is 1. The first-order valence-electron chi connectivity index (χ1n) is 8.78. The van der Waals surface area contributed by atoms with Gasteiger partial charge >= 0.3 is 6.18 Å². The second-order valence-electron chi connectivity index (χ2n) is 6.84. The largest absolute Gasteiger partial charge is 0.453 e. The number of halogens is 3. The number of hydrogen-bond acceptors (Lipinski definition) is 4. The molecule has 1 fully saturated rings. The summed E-state index contributed by atoms with van der Waals surface area (Å²) in [7, 11) is 0. The number of alkyl halides is 3. The van der Waals surface area contributed by atoms with Gasteiger partial charge in [-0.3, -0.25) is 4.79 Å². The number of amides is 1. The summed E-state index contributed by atoms with van der Waals surface area (Å²) in [6, 6.07) is 0.240. The molecule has 2 aromatic rings. The van der Waals surface area contributed by atoms with Crippen molar-refractivity contribution in [1.29, 1.82) is 0 Å². The fraction of sp³-hybridized carbons (Fsp3) is 0.647. The predicted molar refractivity (Wildman–Crippen MR) is 88.6 cm³/mol. The third kappa shape index (κ3) is 3.52. The highest BCUT2D eigenvalue weighted by atomic mass is 19.4. The smallest absolute Gasteiger partial charge is 0.340 e. The van der Waals surface area contributed by atoms with Gasteiger partial charge in [-0.15, -0.1) is 5.10 Å². The molecule has 142 valence electrons. The third-order valence-corrected chi connectivity index (χ3v) is 5.01. The highest BCUT2D eigenvalue weighted by molar-refractivity contribution is 5.77. The number of hydrogen-bond donors (Lipinski definition) is 0. The number of nitrogens with zero attached hydrogens (tertiary/aromatic N) is 5. The average Bonchev–Trinajstić information content (AvgIpc) is 2.99. The van der Waals surface area contributed by atoms with E-state index in [2.05, 4.69) is 22.0 Å². The lowest BCUT2D eigenvalue weighted by Crippen LogP contribution is -2.42. The van der Waals surface area contributed by atoms with Crippen molar-refractivity contribution in [3.63, 3.8) is 0 Å². The Kier molecular flexibility index (Phi) is 4.90. The SMILES string of the molecule is Cc1nc2nc(C(F)(F)F)nn2c(C)c1CCC(=O)N1CCCC[C@H]1C. The Labute approximate surface area is 149 Å². The summed E-state index contributed by atoms with van der Waals surface area (Å²) in [6.45, 7) is 6.22. The highest BCUT2D eigenvalue weighted by Gasteiger charge is 2.37. The topological polar surface area (TPSA) is 63.4 Å². The van der Waals surface area contributed by atoms with Crippen molar-refractivity contribution in [2.75, 3.05) is 6.54 Å². The summed E-state index contributed by atoms with van der Waals surface area (Å²) < 4.78 is 39.6. The molecule has 9 heteroatoms. The van der Waals surface area contributed by atoms with Crippen LogP contribution < -0.4 is 0 Å². The van der Waals surface area contributed by atoms with Crippen LogP contribution in [0.15, 0.2) is 0 Å². The second kappa shape index (κ2) is 6.85. The Morgan fingerprint density at radius 2 is 1.96 bits per heavy atom. The molecule has 6 nitrogen and oxygen atoms in total. The predicted octanol–water partition coefficient (Wildman–Crippen LogP) is 3.09. The molecule has 1 saturated heterocycles. The monoisotopic (exact) mass is 369 g/mol. The quantitative estimate of drug-likeness (QED) is 0.834. The molecule has 2 aromatic heterocycles. The van der Waals surface area contributed by atoms with Gasteiger partial charge in [-0.2, -0.15) is 18.2 Å². The molecule has 1 aliphatic heterocycles. The first kappa shape index (κ1) is 18.6. The molecule has 0 unspecified atom stereocenters. The Morgan fingerprint density at radius 3 is 2.62 bits per heavy atom. The van der Waals surface area contributed by atoms with Crippen molar-refractivity contribution < 1.29 is 18.0 Å². The molecule has 0 bridgehead atoms. The van der Waals surface area contributed by atoms with Crippen LogP contribution in [0.2, 0.25) is 0 Å². The number of fused-ring (bicyclic) bond motifs is 1. The highest BCUT2D eigenvalue weighted by Crippen LogP contribution is 2.27. The number of carbonyl (C=O) groups excluding carboxylic acids is 1. The van der Waals surface area contributed by atoms with Crippen LogP contribution in [0.25, 0.3) is 5.78 Å². The summed E-state index contributed by atoms with van der Waals surface area (Å²) in [5.74, 6) is -1.21. The summed E-state index contributed by atoms with van der Waals surface area (Å²) in [5, 5.41) is 3.54. The van der Waals surface area contributed by atoms with Crippen molar-refractivity contribution in [3.8, 4) is 0 Å². The van der Waals surface area contributed by atoms with Gasteiger partial charge in [-0.05, 0) is 52.0 Å². The van der Waals surface area contributed by atoms with E-state index >= 15 is 0 Å². The van der Waals surface area contributed by atoms with Gasteiger partial charge in [0.2, 0.25) is 5.91 Å². The van der Waals surface area contributed by atoms with Gasteiger partial charge in [0, 0.05) is 30.4 Å². The fourth-order valence-corrected chi connectivity index (χ4v) is 3.53. The molecular weight excluding hydrogens is 347 g/mol. The molecule has 26 heavy (non-hydrogen) atoms.